The van der Waals surface area contributed by atoms with Crippen LogP contribution in [0.3, 0.4) is 0 Å². The van der Waals surface area contributed by atoms with E-state index in [1.165, 1.54) is 5.56 Å². The zero-order chi connectivity index (χ0) is 19.1. The summed E-state index contributed by atoms with van der Waals surface area (Å²) in [6.45, 7) is 5.05. The van der Waals surface area contributed by atoms with Gasteiger partial charge in [0, 0.05) is 6.54 Å². The molecule has 2 aromatic carbocycles. The van der Waals surface area contributed by atoms with Gasteiger partial charge in [0.2, 0.25) is 0 Å². The van der Waals surface area contributed by atoms with E-state index < -0.39 is 0 Å². The van der Waals surface area contributed by atoms with Gasteiger partial charge < -0.3 is 15.4 Å². The third-order valence-electron chi connectivity index (χ3n) is 4.00. The zero-order valence-corrected chi connectivity index (χ0v) is 15.5. The summed E-state index contributed by atoms with van der Waals surface area (Å²) in [4.78, 5) is 16.6. The minimum Gasteiger partial charge on any atom is -0.492 e. The number of nitrogens with one attached hydrogen (secondary N) is 2. The number of nitrogens with zero attached hydrogens (tertiary/aromatic N) is 1. The Hall–Kier alpha value is -3.34. The van der Waals surface area contributed by atoms with Crippen LogP contribution in [0.25, 0.3) is 0 Å². The largest absolute Gasteiger partial charge is 0.492 e. The van der Waals surface area contributed by atoms with E-state index in [9.17, 15) is 4.79 Å². The van der Waals surface area contributed by atoms with Crippen LogP contribution in [-0.4, -0.2) is 17.5 Å². The topological polar surface area (TPSA) is 63.2 Å². The van der Waals surface area contributed by atoms with Crippen molar-refractivity contribution in [1.29, 1.82) is 0 Å². The highest BCUT2D eigenvalue weighted by atomic mass is 16.5. The Balaban J connectivity index is 1.62. The standard InChI is InChI=1S/C22H23N3O2/c1-3-27-21-10-5-4-9-19(21)25-18-11-12-20(23-15-18)22(26)24-14-17-8-6-7-16(2)13-17/h4-13,15,25H,3,14H2,1-2H3,(H,24,26). The van der Waals surface area contributed by atoms with Crippen LogP contribution in [-0.2, 0) is 6.54 Å². The Morgan fingerprint density at radius 3 is 2.67 bits per heavy atom. The van der Waals surface area contributed by atoms with Crippen molar-refractivity contribution >= 4 is 17.3 Å². The second-order valence-corrected chi connectivity index (χ2v) is 6.16. The van der Waals surface area contributed by atoms with Crippen molar-refractivity contribution in [1.82, 2.24) is 10.3 Å². The maximum atomic E-state index is 12.3. The highest BCUT2D eigenvalue weighted by molar-refractivity contribution is 5.92. The van der Waals surface area contributed by atoms with Crippen molar-refractivity contribution in [2.75, 3.05) is 11.9 Å². The molecule has 138 valence electrons. The molecule has 0 saturated heterocycles. The number of aromatic nitrogens is 1. The minimum atomic E-state index is -0.197. The molecule has 2 N–H and O–H groups in total. The summed E-state index contributed by atoms with van der Waals surface area (Å²) in [7, 11) is 0. The number of rotatable bonds is 7. The lowest BCUT2D eigenvalue weighted by atomic mass is 10.1. The number of benzene rings is 2. The predicted molar refractivity (Wildman–Crippen MR) is 107 cm³/mol. The summed E-state index contributed by atoms with van der Waals surface area (Å²) in [5, 5.41) is 6.16. The average Bonchev–Trinajstić information content (AvgIpc) is 2.68. The average molecular weight is 361 g/mol. The number of carbonyl (C=O) groups is 1. The quantitative estimate of drug-likeness (QED) is 0.652. The highest BCUT2D eigenvalue weighted by Gasteiger charge is 2.08. The summed E-state index contributed by atoms with van der Waals surface area (Å²) >= 11 is 0. The van der Waals surface area contributed by atoms with Gasteiger partial charge in [-0.05, 0) is 43.7 Å². The van der Waals surface area contributed by atoms with Crippen LogP contribution >= 0.6 is 0 Å². The number of para-hydroxylation sites is 2. The zero-order valence-electron chi connectivity index (χ0n) is 15.5. The molecule has 3 rings (SSSR count). The maximum absolute atomic E-state index is 12.3. The number of hydrogen-bond donors (Lipinski definition) is 2. The van der Waals surface area contributed by atoms with E-state index in [2.05, 4.69) is 21.7 Å². The van der Waals surface area contributed by atoms with Crippen LogP contribution in [0.4, 0.5) is 11.4 Å². The van der Waals surface area contributed by atoms with Crippen molar-refractivity contribution in [3.8, 4) is 5.75 Å². The summed E-state index contributed by atoms with van der Waals surface area (Å²) in [6.07, 6.45) is 1.64. The molecule has 5 heteroatoms. The van der Waals surface area contributed by atoms with Gasteiger partial charge in [0.15, 0.2) is 0 Å². The number of hydrogen-bond acceptors (Lipinski definition) is 4. The lowest BCUT2D eigenvalue weighted by molar-refractivity contribution is 0.0946. The molecule has 0 bridgehead atoms. The second-order valence-electron chi connectivity index (χ2n) is 6.16. The number of aryl methyl sites for hydroxylation is 1. The third-order valence-corrected chi connectivity index (χ3v) is 4.00. The maximum Gasteiger partial charge on any atom is 0.270 e. The van der Waals surface area contributed by atoms with Gasteiger partial charge in [-0.25, -0.2) is 4.98 Å². The normalized spacial score (nSPS) is 10.3. The van der Waals surface area contributed by atoms with Crippen LogP contribution < -0.4 is 15.4 Å². The summed E-state index contributed by atoms with van der Waals surface area (Å²) in [6, 6.07) is 19.3. The third kappa shape index (κ3) is 5.07. The van der Waals surface area contributed by atoms with E-state index in [1.54, 1.807) is 12.3 Å². The van der Waals surface area contributed by atoms with E-state index in [0.29, 0.717) is 18.8 Å². The van der Waals surface area contributed by atoms with Crippen LogP contribution in [0.2, 0.25) is 0 Å². The van der Waals surface area contributed by atoms with Gasteiger partial charge >= 0.3 is 0 Å². The van der Waals surface area contributed by atoms with Crippen molar-refractivity contribution in [2.45, 2.75) is 20.4 Å². The Morgan fingerprint density at radius 2 is 1.93 bits per heavy atom. The minimum absolute atomic E-state index is 0.197. The molecule has 0 unspecified atom stereocenters. The van der Waals surface area contributed by atoms with Crippen LogP contribution in [0, 0.1) is 6.92 Å². The number of amides is 1. The van der Waals surface area contributed by atoms with Gasteiger partial charge in [0.05, 0.1) is 24.2 Å². The molecule has 1 amide bonds. The van der Waals surface area contributed by atoms with Gasteiger partial charge in [-0.3, -0.25) is 4.79 Å². The molecule has 0 fully saturated rings. The molecule has 0 atom stereocenters. The van der Waals surface area contributed by atoms with Crippen molar-refractivity contribution < 1.29 is 9.53 Å². The van der Waals surface area contributed by atoms with Crippen LogP contribution in [0.1, 0.15) is 28.5 Å². The first kappa shape index (κ1) is 18.5. The smallest absolute Gasteiger partial charge is 0.270 e. The molecule has 0 spiro atoms. The first-order chi connectivity index (χ1) is 13.2. The van der Waals surface area contributed by atoms with Gasteiger partial charge in [-0.15, -0.1) is 0 Å². The summed E-state index contributed by atoms with van der Waals surface area (Å²) in [5.74, 6) is 0.581. The Labute approximate surface area is 159 Å². The molecule has 0 saturated carbocycles. The molecule has 1 aromatic heterocycles. The first-order valence-corrected chi connectivity index (χ1v) is 8.94. The molecule has 27 heavy (non-hydrogen) atoms. The fourth-order valence-corrected chi connectivity index (χ4v) is 2.70. The van der Waals surface area contributed by atoms with E-state index in [1.807, 2.05) is 62.4 Å². The van der Waals surface area contributed by atoms with Gasteiger partial charge in [-0.1, -0.05) is 42.0 Å². The van der Waals surface area contributed by atoms with Gasteiger partial charge in [0.25, 0.3) is 5.91 Å². The van der Waals surface area contributed by atoms with Gasteiger partial charge in [-0.2, -0.15) is 0 Å². The Bertz CT molecular complexity index is 907. The number of carbonyl (C=O) groups excluding carboxylic acids is 1. The number of anilines is 2. The molecule has 0 aliphatic heterocycles. The number of ether oxygens (including phenoxy) is 1. The molecule has 0 aliphatic rings. The lowest BCUT2D eigenvalue weighted by Gasteiger charge is -2.12. The Kier molecular flexibility index (Phi) is 6.05. The Morgan fingerprint density at radius 1 is 1.07 bits per heavy atom. The van der Waals surface area contributed by atoms with Crippen molar-refractivity contribution in [2.24, 2.45) is 0 Å². The van der Waals surface area contributed by atoms with Gasteiger partial charge in [0.1, 0.15) is 11.4 Å². The first-order valence-electron chi connectivity index (χ1n) is 8.94. The number of pyridine rings is 1. The molecular weight excluding hydrogens is 338 g/mol. The fraction of sp³-hybridized carbons (Fsp3) is 0.182. The summed E-state index contributed by atoms with van der Waals surface area (Å²) in [5.41, 5.74) is 4.26. The highest BCUT2D eigenvalue weighted by Crippen LogP contribution is 2.27. The van der Waals surface area contributed by atoms with Crippen molar-refractivity contribution in [3.63, 3.8) is 0 Å². The van der Waals surface area contributed by atoms with Crippen molar-refractivity contribution in [3.05, 3.63) is 83.7 Å². The summed E-state index contributed by atoms with van der Waals surface area (Å²) < 4.78 is 5.61. The van der Waals surface area contributed by atoms with Crippen LogP contribution in [0.5, 0.6) is 5.75 Å². The monoisotopic (exact) mass is 361 g/mol. The fourth-order valence-electron chi connectivity index (χ4n) is 2.70. The van der Waals surface area contributed by atoms with E-state index in [-0.39, 0.29) is 5.91 Å². The SMILES string of the molecule is CCOc1ccccc1Nc1ccc(C(=O)NCc2cccc(C)c2)nc1. The molecule has 1 heterocycles. The van der Waals surface area contributed by atoms with E-state index in [4.69, 9.17) is 4.74 Å². The predicted octanol–water partition coefficient (Wildman–Crippen LogP) is 4.46. The van der Waals surface area contributed by atoms with Crippen LogP contribution in [0.15, 0.2) is 66.9 Å². The lowest BCUT2D eigenvalue weighted by Crippen LogP contribution is -2.23. The molecule has 0 radical (unpaired) electrons. The molecule has 5 nitrogen and oxygen atoms in total. The van der Waals surface area contributed by atoms with E-state index >= 15 is 0 Å². The molecule has 0 aliphatic carbocycles. The molecule has 3 aromatic rings. The second kappa shape index (κ2) is 8.85. The molecular formula is C22H23N3O2. The van der Waals surface area contributed by atoms with E-state index in [0.717, 1.165) is 22.7 Å².